The molecule has 0 fully saturated rings. The maximum atomic E-state index is 11.1. The van der Waals surface area contributed by atoms with E-state index in [2.05, 4.69) is 24.6 Å². The van der Waals surface area contributed by atoms with E-state index in [4.69, 9.17) is 0 Å². The van der Waals surface area contributed by atoms with Crippen molar-refractivity contribution in [3.05, 3.63) is 0 Å². The van der Waals surface area contributed by atoms with Crippen LogP contribution in [0, 0.1) is 0 Å². The van der Waals surface area contributed by atoms with Crippen LogP contribution in [0.15, 0.2) is 0 Å². The first-order valence-electron chi connectivity index (χ1n) is 5.33. The molecule has 0 aliphatic carbocycles. The maximum absolute atomic E-state index is 11.1. The molecule has 0 aliphatic rings. The predicted molar refractivity (Wildman–Crippen MR) is 53.6 cm³/mol. The molecular weight excluding hydrogens is 143 g/mol. The SMILES string of the molecule is [Li][CH2]CCCCCC(=O)CCC. The van der Waals surface area contributed by atoms with Crippen molar-refractivity contribution in [1.29, 1.82) is 0 Å². The van der Waals surface area contributed by atoms with Crippen LogP contribution in [0.1, 0.15) is 51.9 Å². The van der Waals surface area contributed by atoms with Gasteiger partial charge in [0.15, 0.2) is 0 Å². The Morgan fingerprint density at radius 1 is 1.08 bits per heavy atom. The molecule has 66 valence electrons. The van der Waals surface area contributed by atoms with Crippen molar-refractivity contribution < 1.29 is 4.79 Å². The van der Waals surface area contributed by atoms with Crippen molar-refractivity contribution in [2.24, 2.45) is 0 Å². The molecule has 0 bridgehead atoms. The summed E-state index contributed by atoms with van der Waals surface area (Å²) in [6, 6.07) is 0. The van der Waals surface area contributed by atoms with Crippen LogP contribution < -0.4 is 0 Å². The van der Waals surface area contributed by atoms with Crippen LogP contribution in [0.5, 0.6) is 0 Å². The van der Waals surface area contributed by atoms with Gasteiger partial charge in [-0.2, -0.15) is 0 Å². The van der Waals surface area contributed by atoms with Crippen LogP contribution in [0.25, 0.3) is 0 Å². The summed E-state index contributed by atoms with van der Waals surface area (Å²) >= 11 is 2.21. The molecule has 0 aliphatic heterocycles. The fraction of sp³-hybridized carbons (Fsp3) is 0.900. The van der Waals surface area contributed by atoms with E-state index in [-0.39, 0.29) is 0 Å². The van der Waals surface area contributed by atoms with Crippen molar-refractivity contribution in [2.75, 3.05) is 0 Å². The molecule has 0 amide bonds. The van der Waals surface area contributed by atoms with Crippen molar-refractivity contribution in [1.82, 2.24) is 0 Å². The summed E-state index contributed by atoms with van der Waals surface area (Å²) in [6.07, 6.45) is 7.58. The van der Waals surface area contributed by atoms with Gasteiger partial charge in [0, 0.05) is 0 Å². The molecule has 2 heteroatoms. The first kappa shape index (κ1) is 12.3. The predicted octanol–water partition coefficient (Wildman–Crippen LogP) is 2.89. The number of hydrogen-bond donors (Lipinski definition) is 0. The number of Topliss-reactive ketones (excluding diaryl/α,β-unsaturated/α-hetero) is 1. The van der Waals surface area contributed by atoms with E-state index in [9.17, 15) is 4.79 Å². The Kier molecular flexibility index (Phi) is 9.56. The molecule has 1 nitrogen and oxygen atoms in total. The minimum absolute atomic E-state index is 0.453. The van der Waals surface area contributed by atoms with E-state index < -0.39 is 0 Å². The number of carbonyl (C=O) groups excluding carboxylic acids is 1. The van der Waals surface area contributed by atoms with Gasteiger partial charge in [-0.15, -0.1) is 0 Å². The first-order valence-corrected chi connectivity index (χ1v) is 5.33. The molecular formula is C10H19LiO. The molecule has 0 aromatic carbocycles. The molecule has 0 aromatic rings. The molecule has 12 heavy (non-hydrogen) atoms. The zero-order chi connectivity index (χ0) is 9.23. The average molecular weight is 162 g/mol. The zero-order valence-corrected chi connectivity index (χ0v) is 8.57. The Hall–Kier alpha value is 0.267. The van der Waals surface area contributed by atoms with Crippen molar-refractivity contribution in [2.45, 2.75) is 57.0 Å². The molecule has 0 radical (unpaired) electrons. The normalized spacial score (nSPS) is 10.2. The van der Waals surface area contributed by atoms with E-state index in [1.54, 1.807) is 0 Å². The standard InChI is InChI=1S/C10H19O.Li/c1-3-5-6-7-9-10(11)8-4-2;/h1,3-9H2,2H3;. The Morgan fingerprint density at radius 3 is 2.33 bits per heavy atom. The van der Waals surface area contributed by atoms with Crippen LogP contribution in [-0.4, -0.2) is 23.5 Å². The van der Waals surface area contributed by atoms with Gasteiger partial charge in [-0.05, 0) is 0 Å². The van der Waals surface area contributed by atoms with Crippen molar-refractivity contribution in [3.63, 3.8) is 0 Å². The Morgan fingerprint density at radius 2 is 1.75 bits per heavy atom. The summed E-state index contributed by atoms with van der Waals surface area (Å²) in [4.78, 5) is 11.1. The van der Waals surface area contributed by atoms with Gasteiger partial charge in [-0.1, -0.05) is 0 Å². The second-order valence-corrected chi connectivity index (χ2v) is 3.45. The number of rotatable bonds is 8. The number of hydrogen-bond acceptors (Lipinski definition) is 1. The molecule has 0 rings (SSSR count). The van der Waals surface area contributed by atoms with Gasteiger partial charge in [0.05, 0.1) is 0 Å². The van der Waals surface area contributed by atoms with Gasteiger partial charge in [0.1, 0.15) is 0 Å². The van der Waals surface area contributed by atoms with Crippen LogP contribution in [0.3, 0.4) is 0 Å². The Labute approximate surface area is 85.5 Å². The molecule has 0 spiro atoms. The third-order valence-corrected chi connectivity index (χ3v) is 2.09. The van der Waals surface area contributed by atoms with E-state index in [0.29, 0.717) is 5.78 Å². The summed E-state index contributed by atoms with van der Waals surface area (Å²) in [5.74, 6) is 0.453. The van der Waals surface area contributed by atoms with Crippen molar-refractivity contribution in [3.8, 4) is 0 Å². The third kappa shape index (κ3) is 8.36. The van der Waals surface area contributed by atoms with Gasteiger partial charge < -0.3 is 0 Å². The van der Waals surface area contributed by atoms with Gasteiger partial charge >= 0.3 is 85.3 Å². The molecule has 0 saturated heterocycles. The van der Waals surface area contributed by atoms with Crippen molar-refractivity contribution >= 4 is 23.5 Å². The second-order valence-electron chi connectivity index (χ2n) is 3.45. The summed E-state index contributed by atoms with van der Waals surface area (Å²) in [5.41, 5.74) is 0. The summed E-state index contributed by atoms with van der Waals surface area (Å²) < 4.78 is 0. The fourth-order valence-corrected chi connectivity index (χ4v) is 1.33. The molecule has 0 aromatic heterocycles. The second kappa shape index (κ2) is 9.36. The number of carbonyl (C=O) groups is 1. The van der Waals surface area contributed by atoms with Crippen LogP contribution >= 0.6 is 0 Å². The van der Waals surface area contributed by atoms with Crippen LogP contribution in [0.2, 0.25) is 5.09 Å². The Balaban J connectivity index is 3.03. The molecule has 0 unspecified atom stereocenters. The zero-order valence-electron chi connectivity index (χ0n) is 8.57. The molecule has 0 saturated carbocycles. The topological polar surface area (TPSA) is 17.1 Å². The average Bonchev–Trinajstić information content (AvgIpc) is 2.05. The Bertz CT molecular complexity index is 112. The summed E-state index contributed by atoms with van der Waals surface area (Å²) in [5, 5.41) is 1.28. The van der Waals surface area contributed by atoms with Gasteiger partial charge in [0.2, 0.25) is 0 Å². The minimum atomic E-state index is 0.453. The van der Waals surface area contributed by atoms with Crippen LogP contribution in [-0.2, 0) is 4.79 Å². The summed E-state index contributed by atoms with van der Waals surface area (Å²) in [7, 11) is 0. The molecule has 0 N–H and O–H groups in total. The monoisotopic (exact) mass is 162 g/mol. The van der Waals surface area contributed by atoms with Gasteiger partial charge in [0.25, 0.3) is 0 Å². The quantitative estimate of drug-likeness (QED) is 0.396. The number of unbranched alkanes of at least 4 members (excludes halogenated alkanes) is 3. The summed E-state index contributed by atoms with van der Waals surface area (Å²) in [6.45, 7) is 2.06. The van der Waals surface area contributed by atoms with Crippen LogP contribution in [0.4, 0.5) is 0 Å². The molecule has 0 heterocycles. The fourth-order valence-electron chi connectivity index (χ4n) is 1.33. The van der Waals surface area contributed by atoms with E-state index in [0.717, 1.165) is 25.7 Å². The third-order valence-electron chi connectivity index (χ3n) is 2.09. The number of ketones is 1. The van der Waals surface area contributed by atoms with E-state index in [1.165, 1.54) is 24.4 Å². The first-order chi connectivity index (χ1) is 5.81. The van der Waals surface area contributed by atoms with E-state index >= 15 is 0 Å². The van der Waals surface area contributed by atoms with Gasteiger partial charge in [-0.25, -0.2) is 0 Å². The van der Waals surface area contributed by atoms with E-state index in [1.807, 2.05) is 0 Å². The van der Waals surface area contributed by atoms with Gasteiger partial charge in [-0.3, -0.25) is 0 Å². The molecule has 0 atom stereocenters.